The Morgan fingerprint density at radius 2 is 1.73 bits per heavy atom. The Kier molecular flexibility index (Phi) is 8.92. The molecule has 0 aliphatic rings. The second kappa shape index (κ2) is 12.7. The van der Waals surface area contributed by atoms with Gasteiger partial charge in [-0.05, 0) is 63.9 Å². The lowest BCUT2D eigenvalue weighted by atomic mass is 9.98. The molecule has 11 heteroatoms. The highest BCUT2D eigenvalue weighted by atomic mass is 32.2. The number of para-hydroxylation sites is 1. The quantitative estimate of drug-likeness (QED) is 0.157. The fraction of sp³-hybridized carbons (Fsp3) is 0.294. The van der Waals surface area contributed by atoms with E-state index in [2.05, 4.69) is 14.7 Å². The SMILES string of the molecule is COc1ccccc1CC(=O)NS(=O)(=O)Cc1ccc(-c2[nH]c(OC(C)C)c3c2c(O)c(OC(C)C)c2cccnc23)c(C)c1. The molecule has 3 aromatic carbocycles. The minimum atomic E-state index is -3.99. The first-order valence-electron chi connectivity index (χ1n) is 14.6. The highest BCUT2D eigenvalue weighted by Gasteiger charge is 2.27. The molecule has 5 rings (SSSR count). The molecule has 45 heavy (non-hydrogen) atoms. The number of nitrogens with zero attached hydrogens (tertiary/aromatic N) is 1. The fourth-order valence-corrected chi connectivity index (χ4v) is 6.54. The number of sulfonamides is 1. The largest absolute Gasteiger partial charge is 0.504 e. The summed E-state index contributed by atoms with van der Waals surface area (Å²) in [7, 11) is -2.50. The average Bonchev–Trinajstić information content (AvgIpc) is 3.33. The van der Waals surface area contributed by atoms with E-state index in [1.54, 1.807) is 54.7 Å². The van der Waals surface area contributed by atoms with Crippen molar-refractivity contribution in [2.24, 2.45) is 0 Å². The summed E-state index contributed by atoms with van der Waals surface area (Å²) in [5, 5.41) is 13.4. The average molecular weight is 632 g/mol. The molecule has 0 saturated heterocycles. The number of phenolic OH excluding ortho intramolecular Hbond substituents is 1. The summed E-state index contributed by atoms with van der Waals surface area (Å²) in [6.07, 6.45) is 1.17. The zero-order chi connectivity index (χ0) is 32.5. The number of pyridine rings is 1. The summed E-state index contributed by atoms with van der Waals surface area (Å²) in [4.78, 5) is 20.6. The lowest BCUT2D eigenvalue weighted by molar-refractivity contribution is -0.118. The van der Waals surface area contributed by atoms with Crippen LogP contribution in [0.1, 0.15) is 44.4 Å². The monoisotopic (exact) mass is 631 g/mol. The van der Waals surface area contributed by atoms with Crippen LogP contribution in [0, 0.1) is 6.92 Å². The zero-order valence-electron chi connectivity index (χ0n) is 26.1. The van der Waals surface area contributed by atoms with Crippen molar-refractivity contribution >= 4 is 37.6 Å². The van der Waals surface area contributed by atoms with Crippen LogP contribution in [0.5, 0.6) is 23.1 Å². The van der Waals surface area contributed by atoms with Gasteiger partial charge in [-0.25, -0.2) is 8.42 Å². The van der Waals surface area contributed by atoms with E-state index >= 15 is 0 Å². The third kappa shape index (κ3) is 6.68. The Labute approximate surface area is 262 Å². The van der Waals surface area contributed by atoms with Crippen LogP contribution in [0.3, 0.4) is 0 Å². The number of carbonyl (C=O) groups excluding carboxylic acids is 1. The number of phenols is 1. The van der Waals surface area contributed by atoms with E-state index in [9.17, 15) is 18.3 Å². The molecule has 0 unspecified atom stereocenters. The van der Waals surface area contributed by atoms with Crippen LogP contribution < -0.4 is 18.9 Å². The Hall–Kier alpha value is -4.77. The molecule has 0 fully saturated rings. The number of nitrogens with one attached hydrogen (secondary N) is 2. The number of hydrogen-bond donors (Lipinski definition) is 3. The number of amides is 1. The van der Waals surface area contributed by atoms with Gasteiger partial charge >= 0.3 is 0 Å². The summed E-state index contributed by atoms with van der Waals surface area (Å²) >= 11 is 0. The van der Waals surface area contributed by atoms with Crippen LogP contribution >= 0.6 is 0 Å². The smallest absolute Gasteiger partial charge is 0.239 e. The molecule has 0 spiro atoms. The second-order valence-corrected chi connectivity index (χ2v) is 13.1. The number of aromatic hydroxyl groups is 1. The standard InChI is InChI=1S/C34H37N3O7S/c1-19(2)43-33-25-11-9-15-35-30(25)29-28(32(33)39)31(36-34(29)44-20(3)4)24-14-13-22(16-21(24)5)18-45(40,41)37-27(38)17-23-10-7-8-12-26(23)42-6/h7-16,19-20,36,39H,17-18H2,1-6H3,(H,37,38). The maximum atomic E-state index is 13.0. The van der Waals surface area contributed by atoms with E-state index in [-0.39, 0.29) is 24.4 Å². The van der Waals surface area contributed by atoms with Crippen LogP contribution in [0.25, 0.3) is 32.9 Å². The summed E-state index contributed by atoms with van der Waals surface area (Å²) in [5.41, 5.74) is 3.73. The lowest BCUT2D eigenvalue weighted by Crippen LogP contribution is -2.32. The Morgan fingerprint density at radius 1 is 1.00 bits per heavy atom. The van der Waals surface area contributed by atoms with E-state index in [1.165, 1.54) is 7.11 Å². The van der Waals surface area contributed by atoms with Gasteiger partial charge in [0, 0.05) is 22.7 Å². The Bertz CT molecular complexity index is 2000. The minimum absolute atomic E-state index is 0.0483. The molecule has 0 aliphatic carbocycles. The van der Waals surface area contributed by atoms with Crippen molar-refractivity contribution in [1.29, 1.82) is 0 Å². The predicted molar refractivity (Wildman–Crippen MR) is 174 cm³/mol. The molecule has 236 valence electrons. The second-order valence-electron chi connectivity index (χ2n) is 11.4. The van der Waals surface area contributed by atoms with Gasteiger partial charge in [0.05, 0.1) is 53.5 Å². The molecule has 0 saturated carbocycles. The molecule has 1 amide bonds. The molecular formula is C34H37N3O7S. The molecular weight excluding hydrogens is 594 g/mol. The lowest BCUT2D eigenvalue weighted by Gasteiger charge is -2.16. The maximum Gasteiger partial charge on any atom is 0.239 e. The van der Waals surface area contributed by atoms with Gasteiger partial charge in [0.25, 0.3) is 0 Å². The number of aryl methyl sites for hydroxylation is 1. The van der Waals surface area contributed by atoms with Gasteiger partial charge in [0.15, 0.2) is 11.5 Å². The Balaban J connectivity index is 1.51. The van der Waals surface area contributed by atoms with Gasteiger partial charge in [-0.15, -0.1) is 0 Å². The number of H-pyrrole nitrogens is 1. The van der Waals surface area contributed by atoms with Gasteiger partial charge < -0.3 is 24.3 Å². The normalized spacial score (nSPS) is 11.8. The topological polar surface area (TPSA) is 140 Å². The molecule has 0 bridgehead atoms. The van der Waals surface area contributed by atoms with E-state index in [1.807, 2.05) is 40.7 Å². The molecule has 0 radical (unpaired) electrons. The first-order valence-corrected chi connectivity index (χ1v) is 16.3. The number of benzene rings is 3. The van der Waals surface area contributed by atoms with Gasteiger partial charge in [-0.3, -0.25) is 14.5 Å². The number of aromatic nitrogens is 2. The maximum absolute atomic E-state index is 13.0. The number of ether oxygens (including phenoxy) is 3. The molecule has 5 aromatic rings. The van der Waals surface area contributed by atoms with E-state index in [0.29, 0.717) is 55.9 Å². The highest BCUT2D eigenvalue weighted by Crippen LogP contribution is 2.50. The summed E-state index contributed by atoms with van der Waals surface area (Å²) < 4.78 is 45.6. The van der Waals surface area contributed by atoms with Crippen molar-refractivity contribution in [3.05, 3.63) is 77.5 Å². The van der Waals surface area contributed by atoms with E-state index in [4.69, 9.17) is 14.2 Å². The number of methoxy groups -OCH3 is 1. The third-order valence-electron chi connectivity index (χ3n) is 7.14. The van der Waals surface area contributed by atoms with Gasteiger partial charge in [0.2, 0.25) is 21.8 Å². The van der Waals surface area contributed by atoms with Crippen LogP contribution in [0.4, 0.5) is 0 Å². The predicted octanol–water partition coefficient (Wildman–Crippen LogP) is 6.17. The minimum Gasteiger partial charge on any atom is -0.504 e. The molecule has 0 aliphatic heterocycles. The van der Waals surface area contributed by atoms with Crippen molar-refractivity contribution in [1.82, 2.24) is 14.7 Å². The first kappa shape index (κ1) is 31.6. The van der Waals surface area contributed by atoms with E-state index < -0.39 is 21.7 Å². The van der Waals surface area contributed by atoms with Gasteiger partial charge in [-0.1, -0.05) is 36.4 Å². The number of hydrogen-bond acceptors (Lipinski definition) is 8. The van der Waals surface area contributed by atoms with Gasteiger partial charge in [0.1, 0.15) is 5.75 Å². The van der Waals surface area contributed by atoms with Crippen LogP contribution in [-0.4, -0.2) is 48.7 Å². The molecule has 3 N–H and O–H groups in total. The molecule has 10 nitrogen and oxygen atoms in total. The van der Waals surface area contributed by atoms with Crippen LogP contribution in [-0.2, 0) is 27.0 Å². The molecule has 0 atom stereocenters. The van der Waals surface area contributed by atoms with Crippen molar-refractivity contribution in [2.75, 3.05) is 7.11 Å². The summed E-state index contributed by atoms with van der Waals surface area (Å²) in [5.74, 6) is 0.181. The number of aromatic amines is 1. The first-order chi connectivity index (χ1) is 21.4. The van der Waals surface area contributed by atoms with Crippen molar-refractivity contribution in [3.8, 4) is 34.4 Å². The summed E-state index contributed by atoms with van der Waals surface area (Å²) in [6.45, 7) is 9.44. The number of carbonyl (C=O) groups is 1. The van der Waals surface area contributed by atoms with Crippen molar-refractivity contribution in [2.45, 2.75) is 59.0 Å². The molecule has 2 aromatic heterocycles. The van der Waals surface area contributed by atoms with Gasteiger partial charge in [-0.2, -0.15) is 0 Å². The van der Waals surface area contributed by atoms with Crippen molar-refractivity contribution < 1.29 is 32.5 Å². The van der Waals surface area contributed by atoms with Crippen LogP contribution in [0.2, 0.25) is 0 Å². The Morgan fingerprint density at radius 3 is 2.42 bits per heavy atom. The number of fused-ring (bicyclic) bond motifs is 3. The highest BCUT2D eigenvalue weighted by molar-refractivity contribution is 7.89. The zero-order valence-corrected chi connectivity index (χ0v) is 26.9. The summed E-state index contributed by atoms with van der Waals surface area (Å²) in [6, 6.07) is 15.8. The van der Waals surface area contributed by atoms with E-state index in [0.717, 1.165) is 11.1 Å². The third-order valence-corrected chi connectivity index (χ3v) is 8.40. The molecule has 2 heterocycles. The van der Waals surface area contributed by atoms with Crippen LogP contribution in [0.15, 0.2) is 60.8 Å². The van der Waals surface area contributed by atoms with Crippen molar-refractivity contribution in [3.63, 3.8) is 0 Å². The number of rotatable bonds is 11. The fourth-order valence-electron chi connectivity index (χ4n) is 5.43.